The monoisotopic (exact) mass is 291 g/mol. The van der Waals surface area contributed by atoms with Crippen molar-refractivity contribution in [2.45, 2.75) is 20.4 Å². The number of aromatic nitrogens is 3. The number of ketones is 1. The first-order chi connectivity index (χ1) is 10.6. The molecular weight excluding hydrogens is 274 g/mol. The van der Waals surface area contributed by atoms with Crippen LogP contribution in [-0.2, 0) is 6.54 Å². The summed E-state index contributed by atoms with van der Waals surface area (Å²) in [7, 11) is 0. The Hall–Kier alpha value is -2.75. The summed E-state index contributed by atoms with van der Waals surface area (Å²) in [4.78, 5) is 11.8. The molecule has 0 N–H and O–H groups in total. The summed E-state index contributed by atoms with van der Waals surface area (Å²) in [6.07, 6.45) is 0. The Morgan fingerprint density at radius 1 is 1.05 bits per heavy atom. The van der Waals surface area contributed by atoms with Gasteiger partial charge in [0.25, 0.3) is 0 Å². The SMILES string of the molecule is CC(=O)c1nnn(Cc2ccc(C)cc2)c1-c1ccccc1. The topological polar surface area (TPSA) is 47.8 Å². The molecule has 0 unspecified atom stereocenters. The Balaban J connectivity index is 2.05. The molecule has 4 nitrogen and oxygen atoms in total. The summed E-state index contributed by atoms with van der Waals surface area (Å²) in [5.41, 5.74) is 4.48. The standard InChI is InChI=1S/C18H17N3O/c1-13-8-10-15(11-9-13)12-21-18(16-6-4-3-5-7-16)17(14(2)22)19-20-21/h3-11H,12H2,1-2H3. The molecule has 0 saturated heterocycles. The van der Waals surface area contributed by atoms with Crippen molar-refractivity contribution in [3.8, 4) is 11.3 Å². The van der Waals surface area contributed by atoms with Crippen LogP contribution in [0.15, 0.2) is 54.6 Å². The molecule has 0 aliphatic carbocycles. The highest BCUT2D eigenvalue weighted by atomic mass is 16.1. The fourth-order valence-corrected chi connectivity index (χ4v) is 2.41. The van der Waals surface area contributed by atoms with E-state index in [1.54, 1.807) is 4.68 Å². The lowest BCUT2D eigenvalue weighted by Crippen LogP contribution is -2.05. The summed E-state index contributed by atoms with van der Waals surface area (Å²) in [5.74, 6) is -0.0750. The van der Waals surface area contributed by atoms with E-state index < -0.39 is 0 Å². The molecule has 3 rings (SSSR count). The summed E-state index contributed by atoms with van der Waals surface area (Å²) >= 11 is 0. The van der Waals surface area contributed by atoms with Gasteiger partial charge >= 0.3 is 0 Å². The molecule has 22 heavy (non-hydrogen) atoms. The van der Waals surface area contributed by atoms with E-state index in [1.807, 2.05) is 30.3 Å². The third-order valence-corrected chi connectivity index (χ3v) is 3.57. The van der Waals surface area contributed by atoms with E-state index in [1.165, 1.54) is 12.5 Å². The molecule has 0 saturated carbocycles. The Labute approximate surface area is 129 Å². The zero-order valence-corrected chi connectivity index (χ0v) is 12.7. The highest BCUT2D eigenvalue weighted by Gasteiger charge is 2.18. The maximum atomic E-state index is 11.8. The molecule has 3 aromatic rings. The number of Topliss-reactive ketones (excluding diaryl/α,β-unsaturated/α-hetero) is 1. The van der Waals surface area contributed by atoms with Crippen LogP contribution in [0.1, 0.15) is 28.5 Å². The second-order valence-corrected chi connectivity index (χ2v) is 5.35. The number of carbonyl (C=O) groups excluding carboxylic acids is 1. The quantitative estimate of drug-likeness (QED) is 0.691. The van der Waals surface area contributed by atoms with Crippen LogP contribution in [0.4, 0.5) is 0 Å². The normalized spacial score (nSPS) is 10.6. The lowest BCUT2D eigenvalue weighted by atomic mass is 10.1. The van der Waals surface area contributed by atoms with Gasteiger partial charge in [-0.3, -0.25) is 4.79 Å². The second kappa shape index (κ2) is 5.93. The molecular formula is C18H17N3O. The van der Waals surface area contributed by atoms with Crippen molar-refractivity contribution in [2.24, 2.45) is 0 Å². The molecule has 4 heteroatoms. The zero-order valence-electron chi connectivity index (χ0n) is 12.7. The van der Waals surface area contributed by atoms with Crippen LogP contribution < -0.4 is 0 Å². The first-order valence-electron chi connectivity index (χ1n) is 7.20. The Bertz CT molecular complexity index is 789. The van der Waals surface area contributed by atoms with Crippen molar-refractivity contribution < 1.29 is 4.79 Å². The van der Waals surface area contributed by atoms with Crippen molar-refractivity contribution in [1.29, 1.82) is 0 Å². The van der Waals surface area contributed by atoms with Gasteiger partial charge in [-0.25, -0.2) is 4.68 Å². The summed E-state index contributed by atoms with van der Waals surface area (Å²) in [6, 6.07) is 18.1. The minimum Gasteiger partial charge on any atom is -0.293 e. The molecule has 0 spiro atoms. The maximum absolute atomic E-state index is 11.8. The smallest absolute Gasteiger partial charge is 0.182 e. The number of nitrogens with zero attached hydrogens (tertiary/aromatic N) is 3. The van der Waals surface area contributed by atoms with Gasteiger partial charge in [-0.1, -0.05) is 65.4 Å². The highest BCUT2D eigenvalue weighted by molar-refractivity contribution is 5.97. The van der Waals surface area contributed by atoms with Crippen LogP contribution in [0, 0.1) is 6.92 Å². The third-order valence-electron chi connectivity index (χ3n) is 3.57. The second-order valence-electron chi connectivity index (χ2n) is 5.35. The van der Waals surface area contributed by atoms with E-state index >= 15 is 0 Å². The fraction of sp³-hybridized carbons (Fsp3) is 0.167. The maximum Gasteiger partial charge on any atom is 0.182 e. The molecule has 1 aromatic heterocycles. The van der Waals surface area contributed by atoms with E-state index in [9.17, 15) is 4.79 Å². The van der Waals surface area contributed by atoms with Crippen molar-refractivity contribution in [2.75, 3.05) is 0 Å². The molecule has 110 valence electrons. The van der Waals surface area contributed by atoms with Crippen molar-refractivity contribution >= 4 is 5.78 Å². The molecule has 0 aliphatic rings. The number of hydrogen-bond donors (Lipinski definition) is 0. The Kier molecular flexibility index (Phi) is 3.83. The lowest BCUT2D eigenvalue weighted by molar-refractivity contribution is 0.101. The van der Waals surface area contributed by atoms with Crippen LogP contribution in [0.5, 0.6) is 0 Å². The van der Waals surface area contributed by atoms with Gasteiger partial charge in [0.15, 0.2) is 11.5 Å². The molecule has 0 fully saturated rings. The van der Waals surface area contributed by atoms with Gasteiger partial charge in [0.2, 0.25) is 0 Å². The van der Waals surface area contributed by atoms with Crippen LogP contribution in [0.3, 0.4) is 0 Å². The van der Waals surface area contributed by atoms with E-state index in [-0.39, 0.29) is 5.78 Å². The number of benzene rings is 2. The van der Waals surface area contributed by atoms with Gasteiger partial charge in [0, 0.05) is 12.5 Å². The van der Waals surface area contributed by atoms with E-state index in [0.29, 0.717) is 12.2 Å². The average Bonchev–Trinajstić information content (AvgIpc) is 2.94. The zero-order chi connectivity index (χ0) is 15.5. The Morgan fingerprint density at radius 2 is 1.73 bits per heavy atom. The highest BCUT2D eigenvalue weighted by Crippen LogP contribution is 2.23. The van der Waals surface area contributed by atoms with Crippen LogP contribution in [0.2, 0.25) is 0 Å². The molecule has 0 atom stereocenters. The van der Waals surface area contributed by atoms with E-state index in [0.717, 1.165) is 16.8 Å². The predicted octanol–water partition coefficient (Wildman–Crippen LogP) is 3.50. The molecule has 0 amide bonds. The number of aryl methyl sites for hydroxylation is 1. The average molecular weight is 291 g/mol. The van der Waals surface area contributed by atoms with Crippen LogP contribution in [0.25, 0.3) is 11.3 Å². The minimum atomic E-state index is -0.0750. The molecule has 0 aliphatic heterocycles. The lowest BCUT2D eigenvalue weighted by Gasteiger charge is -2.08. The molecule has 2 aromatic carbocycles. The van der Waals surface area contributed by atoms with Crippen molar-refractivity contribution in [3.63, 3.8) is 0 Å². The third kappa shape index (κ3) is 2.81. The molecule has 0 radical (unpaired) electrons. The van der Waals surface area contributed by atoms with Crippen molar-refractivity contribution in [1.82, 2.24) is 15.0 Å². The van der Waals surface area contributed by atoms with Crippen molar-refractivity contribution in [3.05, 3.63) is 71.4 Å². The summed E-state index contributed by atoms with van der Waals surface area (Å²) in [5, 5.41) is 8.25. The molecule has 1 heterocycles. The fourth-order valence-electron chi connectivity index (χ4n) is 2.41. The number of hydrogen-bond acceptors (Lipinski definition) is 3. The minimum absolute atomic E-state index is 0.0750. The van der Waals surface area contributed by atoms with Gasteiger partial charge in [0.05, 0.1) is 12.2 Å². The van der Waals surface area contributed by atoms with Crippen LogP contribution in [-0.4, -0.2) is 20.8 Å². The largest absolute Gasteiger partial charge is 0.293 e. The van der Waals surface area contributed by atoms with Gasteiger partial charge in [0.1, 0.15) is 0 Å². The molecule has 0 bridgehead atoms. The first kappa shape index (κ1) is 14.2. The van der Waals surface area contributed by atoms with Gasteiger partial charge in [-0.05, 0) is 12.5 Å². The van der Waals surface area contributed by atoms with Gasteiger partial charge < -0.3 is 0 Å². The number of carbonyl (C=O) groups is 1. The number of rotatable bonds is 4. The summed E-state index contributed by atoms with van der Waals surface area (Å²) in [6.45, 7) is 4.17. The Morgan fingerprint density at radius 3 is 2.36 bits per heavy atom. The van der Waals surface area contributed by atoms with E-state index in [4.69, 9.17) is 0 Å². The summed E-state index contributed by atoms with van der Waals surface area (Å²) < 4.78 is 1.79. The van der Waals surface area contributed by atoms with E-state index in [2.05, 4.69) is 41.5 Å². The first-order valence-corrected chi connectivity index (χ1v) is 7.20. The van der Waals surface area contributed by atoms with Gasteiger partial charge in [-0.2, -0.15) is 0 Å². The van der Waals surface area contributed by atoms with Gasteiger partial charge in [-0.15, -0.1) is 5.10 Å². The predicted molar refractivity (Wildman–Crippen MR) is 85.7 cm³/mol. The van der Waals surface area contributed by atoms with Crippen LogP contribution >= 0.6 is 0 Å².